The van der Waals surface area contributed by atoms with Crippen LogP contribution >= 0.6 is 22.7 Å². The molecule has 0 amide bonds. The highest BCUT2D eigenvalue weighted by atomic mass is 32.1. The number of hydrogen-bond acceptors (Lipinski definition) is 6. The summed E-state index contributed by atoms with van der Waals surface area (Å²) >= 11 is 2.29. The van der Waals surface area contributed by atoms with E-state index in [-0.39, 0.29) is 16.4 Å². The van der Waals surface area contributed by atoms with Gasteiger partial charge in [0.1, 0.15) is 18.2 Å². The van der Waals surface area contributed by atoms with Crippen molar-refractivity contribution in [3.63, 3.8) is 0 Å². The minimum absolute atomic E-state index is 0.108. The average Bonchev–Trinajstić information content (AvgIpc) is 3.10. The molecule has 0 N–H and O–H groups in total. The van der Waals surface area contributed by atoms with Crippen molar-refractivity contribution in [1.82, 2.24) is 9.13 Å². The molecule has 2 aromatic carbocycles. The van der Waals surface area contributed by atoms with Gasteiger partial charge in [0.15, 0.2) is 0 Å². The van der Waals surface area contributed by atoms with Gasteiger partial charge in [-0.1, -0.05) is 22.7 Å². The van der Waals surface area contributed by atoms with Crippen molar-refractivity contribution < 1.29 is 9.47 Å². The van der Waals surface area contributed by atoms with Crippen LogP contribution in [-0.2, 0) is 6.67 Å². The molecule has 2 heterocycles. The van der Waals surface area contributed by atoms with E-state index >= 15 is 0 Å². The Labute approximate surface area is 150 Å². The van der Waals surface area contributed by atoms with E-state index in [2.05, 4.69) is 0 Å². The molecule has 0 aliphatic rings. The van der Waals surface area contributed by atoms with Gasteiger partial charge < -0.3 is 9.47 Å². The number of benzene rings is 2. The Morgan fingerprint density at radius 3 is 1.64 bits per heavy atom. The average molecular weight is 374 g/mol. The molecule has 4 aromatic rings. The molecule has 6 nitrogen and oxygen atoms in total. The Hall–Kier alpha value is -2.58. The predicted octanol–water partition coefficient (Wildman–Crippen LogP) is 2.96. The minimum atomic E-state index is -0.108. The predicted molar refractivity (Wildman–Crippen MR) is 101 cm³/mol. The van der Waals surface area contributed by atoms with Crippen LogP contribution in [0, 0.1) is 0 Å². The van der Waals surface area contributed by atoms with Crippen LogP contribution in [0.15, 0.2) is 46.0 Å². The molecule has 128 valence electrons. The number of methoxy groups -OCH3 is 2. The smallest absolute Gasteiger partial charge is 0.309 e. The highest BCUT2D eigenvalue weighted by Crippen LogP contribution is 2.25. The number of fused-ring (bicyclic) bond motifs is 2. The Morgan fingerprint density at radius 2 is 1.24 bits per heavy atom. The van der Waals surface area contributed by atoms with Gasteiger partial charge in [-0.2, -0.15) is 0 Å². The molecule has 0 saturated heterocycles. The molecule has 8 heteroatoms. The zero-order valence-corrected chi connectivity index (χ0v) is 15.1. The van der Waals surface area contributed by atoms with E-state index in [0.29, 0.717) is 11.5 Å². The maximum Gasteiger partial charge on any atom is 0.309 e. The second-order valence-corrected chi connectivity index (χ2v) is 7.39. The maximum absolute atomic E-state index is 12.4. The fourth-order valence-electron chi connectivity index (χ4n) is 2.76. The first-order valence-corrected chi connectivity index (χ1v) is 9.09. The second-order valence-electron chi connectivity index (χ2n) is 5.40. The Balaban J connectivity index is 1.85. The first-order valence-electron chi connectivity index (χ1n) is 7.45. The van der Waals surface area contributed by atoms with Gasteiger partial charge in [-0.25, -0.2) is 0 Å². The highest BCUT2D eigenvalue weighted by Gasteiger charge is 2.13. The molecular formula is C17H14N2O4S2. The van der Waals surface area contributed by atoms with Crippen LogP contribution in [0.1, 0.15) is 0 Å². The van der Waals surface area contributed by atoms with Crippen LogP contribution in [-0.4, -0.2) is 23.4 Å². The number of ether oxygens (including phenoxy) is 2. The monoisotopic (exact) mass is 374 g/mol. The fourth-order valence-corrected chi connectivity index (χ4v) is 4.58. The molecule has 4 rings (SSSR count). The third-order valence-electron chi connectivity index (χ3n) is 4.03. The lowest BCUT2D eigenvalue weighted by molar-refractivity contribution is 0.415. The lowest BCUT2D eigenvalue weighted by Crippen LogP contribution is -2.23. The summed E-state index contributed by atoms with van der Waals surface area (Å²) in [4.78, 5) is 24.6. The molecule has 0 aliphatic carbocycles. The number of rotatable bonds is 4. The quantitative estimate of drug-likeness (QED) is 0.551. The van der Waals surface area contributed by atoms with Crippen LogP contribution in [0.4, 0.5) is 0 Å². The standard InChI is InChI=1S/C17H14N2O4S2/c1-22-10-3-5-12-14(7-10)24-16(20)18(12)9-19-13-6-4-11(23-2)8-15(13)25-17(19)21/h3-8H,9H2,1-2H3. The maximum atomic E-state index is 12.4. The largest absolute Gasteiger partial charge is 0.497 e. The van der Waals surface area contributed by atoms with Crippen LogP contribution in [0.5, 0.6) is 11.5 Å². The lowest BCUT2D eigenvalue weighted by Gasteiger charge is -2.07. The van der Waals surface area contributed by atoms with Gasteiger partial charge in [0.25, 0.3) is 0 Å². The number of hydrogen-bond donors (Lipinski definition) is 0. The first-order chi connectivity index (χ1) is 12.1. The summed E-state index contributed by atoms with van der Waals surface area (Å²) in [7, 11) is 3.18. The topological polar surface area (TPSA) is 62.5 Å². The van der Waals surface area contributed by atoms with Crippen molar-refractivity contribution in [2.75, 3.05) is 14.2 Å². The van der Waals surface area contributed by atoms with Crippen molar-refractivity contribution in [3.8, 4) is 11.5 Å². The van der Waals surface area contributed by atoms with Gasteiger partial charge in [0, 0.05) is 0 Å². The summed E-state index contributed by atoms with van der Waals surface area (Å²) in [6.45, 7) is 0.177. The van der Waals surface area contributed by atoms with E-state index in [1.165, 1.54) is 0 Å². The fraction of sp³-hybridized carbons (Fsp3) is 0.176. The van der Waals surface area contributed by atoms with Gasteiger partial charge >= 0.3 is 9.75 Å². The van der Waals surface area contributed by atoms with Gasteiger partial charge in [-0.15, -0.1) is 0 Å². The summed E-state index contributed by atoms with van der Waals surface area (Å²) in [6, 6.07) is 11.0. The van der Waals surface area contributed by atoms with Crippen LogP contribution < -0.4 is 19.2 Å². The SMILES string of the molecule is COc1ccc2c(c1)sc(=O)n2Cn1c(=O)sc2cc(OC)ccc21. The van der Waals surface area contributed by atoms with Gasteiger partial charge in [0.2, 0.25) is 0 Å². The van der Waals surface area contributed by atoms with Gasteiger partial charge in [0.05, 0.1) is 34.7 Å². The highest BCUT2D eigenvalue weighted by molar-refractivity contribution is 7.16. The Kier molecular flexibility index (Phi) is 3.85. The van der Waals surface area contributed by atoms with Crippen LogP contribution in [0.3, 0.4) is 0 Å². The lowest BCUT2D eigenvalue weighted by atomic mass is 10.3. The number of aromatic nitrogens is 2. The van der Waals surface area contributed by atoms with E-state index in [4.69, 9.17) is 9.47 Å². The van der Waals surface area contributed by atoms with Gasteiger partial charge in [-0.05, 0) is 36.4 Å². The molecule has 0 atom stereocenters. The van der Waals surface area contributed by atoms with E-state index in [0.717, 1.165) is 43.1 Å². The van der Waals surface area contributed by atoms with E-state index in [1.54, 1.807) is 23.4 Å². The molecule has 0 spiro atoms. The summed E-state index contributed by atoms with van der Waals surface area (Å²) in [5.74, 6) is 1.40. The van der Waals surface area contributed by atoms with E-state index in [1.807, 2.05) is 36.4 Å². The normalized spacial score (nSPS) is 11.3. The van der Waals surface area contributed by atoms with Crippen molar-refractivity contribution in [3.05, 3.63) is 55.7 Å². The third kappa shape index (κ3) is 2.63. The molecule has 0 aliphatic heterocycles. The molecule has 0 fully saturated rings. The van der Waals surface area contributed by atoms with Crippen LogP contribution in [0.25, 0.3) is 20.4 Å². The first kappa shape index (κ1) is 15.9. The summed E-state index contributed by atoms with van der Waals surface area (Å²) < 4.78 is 15.3. The molecule has 0 radical (unpaired) electrons. The van der Waals surface area contributed by atoms with Crippen molar-refractivity contribution >= 4 is 43.1 Å². The van der Waals surface area contributed by atoms with Crippen molar-refractivity contribution in [2.24, 2.45) is 0 Å². The van der Waals surface area contributed by atoms with Crippen molar-refractivity contribution in [1.29, 1.82) is 0 Å². The molecule has 0 saturated carbocycles. The molecule has 0 bridgehead atoms. The van der Waals surface area contributed by atoms with Crippen molar-refractivity contribution in [2.45, 2.75) is 6.67 Å². The summed E-state index contributed by atoms with van der Waals surface area (Å²) in [5, 5.41) is 0. The number of thiazole rings is 2. The zero-order valence-electron chi connectivity index (χ0n) is 13.5. The zero-order chi connectivity index (χ0) is 17.6. The Bertz CT molecular complexity index is 1110. The molecule has 2 aromatic heterocycles. The van der Waals surface area contributed by atoms with E-state index < -0.39 is 0 Å². The minimum Gasteiger partial charge on any atom is -0.497 e. The Morgan fingerprint density at radius 1 is 0.800 bits per heavy atom. The third-order valence-corrected chi connectivity index (χ3v) is 5.92. The van der Waals surface area contributed by atoms with Gasteiger partial charge in [-0.3, -0.25) is 18.7 Å². The number of nitrogens with zero attached hydrogens (tertiary/aromatic N) is 2. The molecule has 0 unspecified atom stereocenters. The second kappa shape index (κ2) is 6.05. The summed E-state index contributed by atoms with van der Waals surface area (Å²) in [6.07, 6.45) is 0. The molecular weight excluding hydrogens is 360 g/mol. The summed E-state index contributed by atoms with van der Waals surface area (Å²) in [5.41, 5.74) is 1.58. The van der Waals surface area contributed by atoms with E-state index in [9.17, 15) is 9.59 Å². The van der Waals surface area contributed by atoms with Crippen LogP contribution in [0.2, 0.25) is 0 Å². The molecule has 25 heavy (non-hydrogen) atoms.